The summed E-state index contributed by atoms with van der Waals surface area (Å²) in [6, 6.07) is 16.8. The first-order chi connectivity index (χ1) is 17.2. The van der Waals surface area contributed by atoms with Crippen molar-refractivity contribution in [3.05, 3.63) is 72.1 Å². The minimum Gasteiger partial charge on any atom is -0.457 e. The molecule has 2 heterocycles. The SMILES string of the molecule is CC(C)(C)OC(=O)N1CCCC1.CNc1ncnc(N)c1C(=N)c1ccc(Oc2ccccc2)cc1. The number of para-hydroxylation sites is 1. The third-order valence-corrected chi connectivity index (χ3v) is 5.24. The number of ether oxygens (including phenoxy) is 2. The van der Waals surface area contributed by atoms with E-state index in [0.29, 0.717) is 22.7 Å². The summed E-state index contributed by atoms with van der Waals surface area (Å²) in [4.78, 5) is 21.2. The average molecular weight is 491 g/mol. The van der Waals surface area contributed by atoms with Crippen molar-refractivity contribution in [2.24, 2.45) is 0 Å². The highest BCUT2D eigenvalue weighted by atomic mass is 16.6. The smallest absolute Gasteiger partial charge is 0.410 e. The highest BCUT2D eigenvalue weighted by Crippen LogP contribution is 2.25. The van der Waals surface area contributed by atoms with Crippen molar-refractivity contribution < 1.29 is 14.3 Å². The number of nitrogens with zero attached hydrogens (tertiary/aromatic N) is 3. The van der Waals surface area contributed by atoms with Crippen LogP contribution in [0.3, 0.4) is 0 Å². The number of carbonyl (C=O) groups excluding carboxylic acids is 1. The van der Waals surface area contributed by atoms with Gasteiger partial charge in [-0.25, -0.2) is 14.8 Å². The highest BCUT2D eigenvalue weighted by Gasteiger charge is 2.24. The minimum atomic E-state index is -0.361. The standard InChI is InChI=1S/C18H17N5O.C9H17NO2/c1-21-18-15(17(20)22-11-23-18)16(19)12-7-9-14(10-8-12)24-13-5-3-2-4-6-13;1-9(2,3)12-8(11)10-6-4-5-7-10/h2-11,19H,1H3,(H3,20,21,22,23);4-7H2,1-3H3. The van der Waals surface area contributed by atoms with Gasteiger partial charge < -0.3 is 25.4 Å². The average Bonchev–Trinajstić information content (AvgIpc) is 3.39. The zero-order valence-corrected chi connectivity index (χ0v) is 21.2. The number of hydrogen-bond acceptors (Lipinski definition) is 8. The molecule has 1 aromatic heterocycles. The molecule has 3 aromatic rings. The Morgan fingerprint density at radius 2 is 1.61 bits per heavy atom. The molecule has 1 aliphatic heterocycles. The molecular formula is C27H34N6O3. The van der Waals surface area contributed by atoms with Gasteiger partial charge in [-0.3, -0.25) is 5.41 Å². The van der Waals surface area contributed by atoms with Crippen molar-refractivity contribution >= 4 is 23.4 Å². The zero-order chi connectivity index (χ0) is 26.1. The predicted octanol–water partition coefficient (Wildman–Crippen LogP) is 5.33. The second-order valence-electron chi connectivity index (χ2n) is 9.22. The summed E-state index contributed by atoms with van der Waals surface area (Å²) in [7, 11) is 1.73. The molecule has 0 unspecified atom stereocenters. The van der Waals surface area contributed by atoms with Gasteiger partial charge in [-0.05, 0) is 70.0 Å². The van der Waals surface area contributed by atoms with E-state index in [1.165, 1.54) is 6.33 Å². The van der Waals surface area contributed by atoms with Gasteiger partial charge in [0.05, 0.1) is 11.3 Å². The molecule has 1 aliphatic rings. The summed E-state index contributed by atoms with van der Waals surface area (Å²) in [5.41, 5.74) is 6.99. The summed E-state index contributed by atoms with van der Waals surface area (Å²) in [6.45, 7) is 7.38. The summed E-state index contributed by atoms with van der Waals surface area (Å²) in [5.74, 6) is 2.25. The van der Waals surface area contributed by atoms with Crippen LogP contribution in [0.25, 0.3) is 0 Å². The van der Waals surface area contributed by atoms with E-state index < -0.39 is 0 Å². The number of aromatic nitrogens is 2. The fraction of sp³-hybridized carbons (Fsp3) is 0.333. The fourth-order valence-electron chi connectivity index (χ4n) is 3.52. The summed E-state index contributed by atoms with van der Waals surface area (Å²) in [5, 5.41) is 11.3. The van der Waals surface area contributed by atoms with Gasteiger partial charge in [0.15, 0.2) is 0 Å². The maximum Gasteiger partial charge on any atom is 0.410 e. The van der Waals surface area contributed by atoms with Crippen LogP contribution in [0.4, 0.5) is 16.4 Å². The summed E-state index contributed by atoms with van der Waals surface area (Å²) in [6.07, 6.45) is 3.42. The molecule has 4 N–H and O–H groups in total. The van der Waals surface area contributed by atoms with Crippen LogP contribution in [0, 0.1) is 5.41 Å². The number of anilines is 2. The molecule has 1 amide bonds. The Balaban J connectivity index is 0.000000253. The zero-order valence-electron chi connectivity index (χ0n) is 21.2. The molecule has 36 heavy (non-hydrogen) atoms. The number of carbonyl (C=O) groups is 1. The Morgan fingerprint density at radius 3 is 2.19 bits per heavy atom. The first-order valence-electron chi connectivity index (χ1n) is 11.9. The number of hydrogen-bond donors (Lipinski definition) is 3. The van der Waals surface area contributed by atoms with E-state index in [0.717, 1.165) is 31.7 Å². The Bertz CT molecular complexity index is 1150. The van der Waals surface area contributed by atoms with Gasteiger partial charge in [0.2, 0.25) is 0 Å². The van der Waals surface area contributed by atoms with Crippen LogP contribution in [-0.2, 0) is 4.74 Å². The number of benzene rings is 2. The van der Waals surface area contributed by atoms with E-state index in [9.17, 15) is 4.79 Å². The number of likely N-dealkylation sites (tertiary alicyclic amines) is 1. The van der Waals surface area contributed by atoms with E-state index >= 15 is 0 Å². The topological polar surface area (TPSA) is 126 Å². The molecule has 0 radical (unpaired) electrons. The number of rotatable bonds is 5. The minimum absolute atomic E-state index is 0.167. The van der Waals surface area contributed by atoms with Crippen LogP contribution in [0.1, 0.15) is 44.7 Å². The molecule has 1 saturated heterocycles. The van der Waals surface area contributed by atoms with Crippen molar-refractivity contribution in [1.82, 2.24) is 14.9 Å². The second kappa shape index (κ2) is 12.0. The number of nitrogens with one attached hydrogen (secondary N) is 2. The van der Waals surface area contributed by atoms with E-state index in [4.69, 9.17) is 20.6 Å². The number of nitrogens with two attached hydrogens (primary N) is 1. The predicted molar refractivity (Wildman–Crippen MR) is 142 cm³/mol. The van der Waals surface area contributed by atoms with Gasteiger partial charge in [0, 0.05) is 25.7 Å². The normalized spacial score (nSPS) is 12.8. The quantitative estimate of drug-likeness (QED) is 0.413. The molecular weight excluding hydrogens is 456 g/mol. The van der Waals surface area contributed by atoms with Crippen LogP contribution in [0.5, 0.6) is 11.5 Å². The Kier molecular flexibility index (Phi) is 8.83. The van der Waals surface area contributed by atoms with Gasteiger partial charge >= 0.3 is 6.09 Å². The van der Waals surface area contributed by atoms with Crippen LogP contribution < -0.4 is 15.8 Å². The lowest BCUT2D eigenvalue weighted by Gasteiger charge is -2.23. The Hall–Kier alpha value is -4.14. The molecule has 0 spiro atoms. The maximum absolute atomic E-state index is 11.4. The van der Waals surface area contributed by atoms with Crippen LogP contribution in [-0.4, -0.2) is 52.4 Å². The largest absolute Gasteiger partial charge is 0.457 e. The molecule has 9 heteroatoms. The monoisotopic (exact) mass is 490 g/mol. The highest BCUT2D eigenvalue weighted by molar-refractivity contribution is 6.16. The lowest BCUT2D eigenvalue weighted by Crippen LogP contribution is -2.34. The van der Waals surface area contributed by atoms with E-state index in [1.807, 2.05) is 75.4 Å². The number of amides is 1. The van der Waals surface area contributed by atoms with Crippen molar-refractivity contribution in [2.45, 2.75) is 39.2 Å². The molecule has 190 valence electrons. The lowest BCUT2D eigenvalue weighted by atomic mass is 10.0. The molecule has 0 atom stereocenters. The van der Waals surface area contributed by atoms with E-state index in [1.54, 1.807) is 11.9 Å². The van der Waals surface area contributed by atoms with Crippen LogP contribution in [0.2, 0.25) is 0 Å². The molecule has 1 fully saturated rings. The van der Waals surface area contributed by atoms with Gasteiger partial charge in [-0.15, -0.1) is 0 Å². The van der Waals surface area contributed by atoms with Crippen molar-refractivity contribution in [3.63, 3.8) is 0 Å². The van der Waals surface area contributed by atoms with Gasteiger partial charge in [-0.1, -0.05) is 18.2 Å². The molecule has 2 aromatic carbocycles. The third kappa shape index (κ3) is 7.43. The molecule has 0 saturated carbocycles. The second-order valence-corrected chi connectivity index (χ2v) is 9.22. The van der Waals surface area contributed by atoms with E-state index in [2.05, 4.69) is 15.3 Å². The number of nitrogen functional groups attached to an aromatic ring is 1. The summed E-state index contributed by atoms with van der Waals surface area (Å²) < 4.78 is 11.0. The Morgan fingerprint density at radius 1 is 1.00 bits per heavy atom. The molecule has 0 aliphatic carbocycles. The Labute approximate surface area is 212 Å². The van der Waals surface area contributed by atoms with Gasteiger partial charge in [0.1, 0.15) is 35.1 Å². The van der Waals surface area contributed by atoms with Crippen molar-refractivity contribution in [3.8, 4) is 11.5 Å². The first-order valence-corrected chi connectivity index (χ1v) is 11.9. The molecule has 4 rings (SSSR count). The summed E-state index contributed by atoms with van der Waals surface area (Å²) >= 11 is 0. The fourth-order valence-corrected chi connectivity index (χ4v) is 3.52. The molecule has 0 bridgehead atoms. The first kappa shape index (κ1) is 26.5. The lowest BCUT2D eigenvalue weighted by molar-refractivity contribution is 0.0295. The van der Waals surface area contributed by atoms with Crippen LogP contribution in [0.15, 0.2) is 60.9 Å². The van der Waals surface area contributed by atoms with Crippen molar-refractivity contribution in [2.75, 3.05) is 31.2 Å². The molecule has 9 nitrogen and oxygen atoms in total. The van der Waals surface area contributed by atoms with E-state index in [-0.39, 0.29) is 23.2 Å². The third-order valence-electron chi connectivity index (χ3n) is 5.24. The maximum atomic E-state index is 11.4. The van der Waals surface area contributed by atoms with Gasteiger partial charge in [0.25, 0.3) is 0 Å². The van der Waals surface area contributed by atoms with Gasteiger partial charge in [-0.2, -0.15) is 0 Å². The van der Waals surface area contributed by atoms with Crippen molar-refractivity contribution in [1.29, 1.82) is 5.41 Å². The van der Waals surface area contributed by atoms with Crippen LogP contribution >= 0.6 is 0 Å².